The van der Waals surface area contributed by atoms with E-state index in [2.05, 4.69) is 130 Å². The minimum Gasteiger partial charge on any atom is -0.462 e. The Morgan fingerprint density at radius 2 is 0.549 bits per heavy atom. The fourth-order valence-corrected chi connectivity index (χ4v) is 7.86. The van der Waals surface area contributed by atoms with Gasteiger partial charge in [-0.1, -0.05) is 246 Å². The fraction of sp³-hybridized carbons (Fsp3) is 0.677. The van der Waals surface area contributed by atoms with E-state index in [1.807, 2.05) is 0 Å². The van der Waals surface area contributed by atoms with Crippen molar-refractivity contribution in [1.29, 1.82) is 0 Å². The zero-order valence-electron chi connectivity index (χ0n) is 46.2. The Bertz CT molecular complexity index is 1460. The molecule has 71 heavy (non-hydrogen) atoms. The topological polar surface area (TPSA) is 78.9 Å². The van der Waals surface area contributed by atoms with Crippen molar-refractivity contribution in [3.8, 4) is 0 Å². The largest absolute Gasteiger partial charge is 0.462 e. The van der Waals surface area contributed by atoms with E-state index in [0.717, 1.165) is 135 Å². The van der Waals surface area contributed by atoms with Crippen LogP contribution in [0.3, 0.4) is 0 Å². The number of rotatable bonds is 52. The smallest absolute Gasteiger partial charge is 0.306 e. The van der Waals surface area contributed by atoms with E-state index in [1.165, 1.54) is 89.9 Å². The summed E-state index contributed by atoms with van der Waals surface area (Å²) in [6.45, 7) is 6.46. The molecular weight excluding hydrogens is 877 g/mol. The van der Waals surface area contributed by atoms with Gasteiger partial charge in [-0.2, -0.15) is 0 Å². The van der Waals surface area contributed by atoms with Crippen LogP contribution in [0.25, 0.3) is 0 Å². The third-order valence-electron chi connectivity index (χ3n) is 12.3. The second kappa shape index (κ2) is 58.6. The van der Waals surface area contributed by atoms with Crippen LogP contribution in [-0.4, -0.2) is 37.2 Å². The highest BCUT2D eigenvalue weighted by molar-refractivity contribution is 5.71. The summed E-state index contributed by atoms with van der Waals surface area (Å²) >= 11 is 0. The van der Waals surface area contributed by atoms with Crippen molar-refractivity contribution in [2.45, 2.75) is 271 Å². The summed E-state index contributed by atoms with van der Waals surface area (Å²) in [6, 6.07) is 0. The van der Waals surface area contributed by atoms with Gasteiger partial charge in [0.2, 0.25) is 0 Å². The highest BCUT2D eigenvalue weighted by Crippen LogP contribution is 2.14. The maximum absolute atomic E-state index is 12.8. The molecule has 0 heterocycles. The molecule has 0 saturated carbocycles. The zero-order chi connectivity index (χ0) is 51.4. The first-order valence-electron chi connectivity index (χ1n) is 29.4. The molecule has 0 radical (unpaired) electrons. The maximum atomic E-state index is 12.8. The molecule has 6 nitrogen and oxygen atoms in total. The monoisotopic (exact) mass is 985 g/mol. The Hall–Kier alpha value is -3.93. The number of allylic oxidation sites excluding steroid dienone is 18. The second-order valence-electron chi connectivity index (χ2n) is 19.2. The second-order valence-corrected chi connectivity index (χ2v) is 19.2. The van der Waals surface area contributed by atoms with E-state index in [4.69, 9.17) is 14.2 Å². The van der Waals surface area contributed by atoms with Gasteiger partial charge in [-0.05, 0) is 109 Å². The van der Waals surface area contributed by atoms with Crippen molar-refractivity contribution in [3.05, 3.63) is 109 Å². The number of hydrogen-bond acceptors (Lipinski definition) is 6. The van der Waals surface area contributed by atoms with E-state index >= 15 is 0 Å². The molecule has 1 unspecified atom stereocenters. The maximum Gasteiger partial charge on any atom is 0.306 e. The van der Waals surface area contributed by atoms with Gasteiger partial charge in [-0.15, -0.1) is 0 Å². The van der Waals surface area contributed by atoms with Crippen LogP contribution in [-0.2, 0) is 28.6 Å². The molecule has 0 saturated heterocycles. The number of esters is 3. The fourth-order valence-electron chi connectivity index (χ4n) is 7.86. The molecule has 0 spiro atoms. The minimum atomic E-state index is -0.791. The average Bonchev–Trinajstić information content (AvgIpc) is 3.37. The SMILES string of the molecule is CC/C=C\C/C=C\C/C=C\C/C=C\C/C=C\C/C=C\CCCCCCCCC(=O)OCC(COC(=O)CCCCCCCCCCC)OC(=O)CCCCCCCC/C=C\C/C=C\C/C=C\CCCCC. The Kier molecular flexibility index (Phi) is 55.4. The molecule has 404 valence electrons. The zero-order valence-corrected chi connectivity index (χ0v) is 46.2. The van der Waals surface area contributed by atoms with Gasteiger partial charge in [-0.3, -0.25) is 14.4 Å². The molecule has 0 rings (SSSR count). The van der Waals surface area contributed by atoms with Crippen LogP contribution < -0.4 is 0 Å². The van der Waals surface area contributed by atoms with E-state index < -0.39 is 6.10 Å². The minimum absolute atomic E-state index is 0.0882. The number of unbranched alkanes of at least 4 members (excludes halogenated alkanes) is 23. The molecule has 0 bridgehead atoms. The number of hydrogen-bond donors (Lipinski definition) is 0. The van der Waals surface area contributed by atoms with E-state index in [9.17, 15) is 14.4 Å². The van der Waals surface area contributed by atoms with Gasteiger partial charge in [0.15, 0.2) is 6.10 Å². The van der Waals surface area contributed by atoms with Crippen LogP contribution in [0.1, 0.15) is 265 Å². The van der Waals surface area contributed by atoms with Crippen molar-refractivity contribution >= 4 is 17.9 Å². The summed E-state index contributed by atoms with van der Waals surface area (Å²) in [5.74, 6) is -0.918. The van der Waals surface area contributed by atoms with Gasteiger partial charge in [0.05, 0.1) is 0 Å². The van der Waals surface area contributed by atoms with Crippen molar-refractivity contribution in [1.82, 2.24) is 0 Å². The summed E-state index contributed by atoms with van der Waals surface area (Å²) in [6.07, 6.45) is 79.4. The van der Waals surface area contributed by atoms with Crippen LogP contribution in [0.5, 0.6) is 0 Å². The van der Waals surface area contributed by atoms with Gasteiger partial charge < -0.3 is 14.2 Å². The first-order chi connectivity index (χ1) is 35.0. The van der Waals surface area contributed by atoms with Crippen LogP contribution in [0.2, 0.25) is 0 Å². The Morgan fingerprint density at radius 1 is 0.296 bits per heavy atom. The van der Waals surface area contributed by atoms with Gasteiger partial charge in [0.1, 0.15) is 13.2 Å². The first kappa shape index (κ1) is 67.1. The molecule has 0 aromatic carbocycles. The summed E-state index contributed by atoms with van der Waals surface area (Å²) in [5.41, 5.74) is 0. The van der Waals surface area contributed by atoms with Crippen molar-refractivity contribution in [3.63, 3.8) is 0 Å². The molecule has 0 amide bonds. The lowest BCUT2D eigenvalue weighted by Gasteiger charge is -2.18. The third-order valence-corrected chi connectivity index (χ3v) is 12.3. The van der Waals surface area contributed by atoms with Crippen LogP contribution >= 0.6 is 0 Å². The van der Waals surface area contributed by atoms with E-state index in [1.54, 1.807) is 0 Å². The summed E-state index contributed by atoms with van der Waals surface area (Å²) in [5, 5.41) is 0. The molecule has 0 aromatic heterocycles. The quantitative estimate of drug-likeness (QED) is 0.0261. The average molecular weight is 986 g/mol. The number of carbonyl (C=O) groups is 3. The molecular formula is C65H108O6. The highest BCUT2D eigenvalue weighted by Gasteiger charge is 2.19. The predicted octanol–water partition coefficient (Wildman–Crippen LogP) is 19.9. The Morgan fingerprint density at radius 3 is 0.887 bits per heavy atom. The lowest BCUT2D eigenvalue weighted by Crippen LogP contribution is -2.30. The molecule has 6 heteroatoms. The van der Waals surface area contributed by atoms with Gasteiger partial charge >= 0.3 is 17.9 Å². The molecule has 0 aliphatic carbocycles. The predicted molar refractivity (Wildman–Crippen MR) is 307 cm³/mol. The van der Waals surface area contributed by atoms with Gasteiger partial charge in [0.25, 0.3) is 0 Å². The molecule has 0 aliphatic rings. The Labute approximate surface area is 438 Å². The standard InChI is InChI=1S/C65H108O6/c1-4-7-10-13-16-19-21-23-25-27-29-30-31-32-33-34-36-37-39-41-43-46-49-52-55-58-64(67)70-61-62(60-69-63(66)57-54-51-48-45-18-15-12-9-6-3)71-65(68)59-56-53-50-47-44-42-40-38-35-28-26-24-22-20-17-14-11-8-5-2/h7,10,16-17,19-20,23-26,29-30,32-33,35-38,62H,4-6,8-9,11-15,18,21-22,27-28,31,34,39-61H2,1-3H3/b10-7-,19-16-,20-17-,25-23-,26-24-,30-29-,33-32-,37-36-,38-35-. The molecule has 0 N–H and O–H groups in total. The van der Waals surface area contributed by atoms with Crippen molar-refractivity contribution in [2.24, 2.45) is 0 Å². The summed E-state index contributed by atoms with van der Waals surface area (Å²) < 4.78 is 16.8. The van der Waals surface area contributed by atoms with Gasteiger partial charge in [0, 0.05) is 19.3 Å². The first-order valence-corrected chi connectivity index (χ1v) is 29.4. The van der Waals surface area contributed by atoms with E-state index in [-0.39, 0.29) is 31.1 Å². The lowest BCUT2D eigenvalue weighted by atomic mass is 10.1. The molecule has 0 aliphatic heterocycles. The van der Waals surface area contributed by atoms with Crippen LogP contribution in [0.4, 0.5) is 0 Å². The summed E-state index contributed by atoms with van der Waals surface area (Å²) in [4.78, 5) is 38.1. The van der Waals surface area contributed by atoms with E-state index in [0.29, 0.717) is 19.3 Å². The number of carbonyl (C=O) groups excluding carboxylic acids is 3. The number of ether oxygens (including phenoxy) is 3. The van der Waals surface area contributed by atoms with Crippen LogP contribution in [0.15, 0.2) is 109 Å². The third kappa shape index (κ3) is 56.9. The lowest BCUT2D eigenvalue weighted by molar-refractivity contribution is -0.167. The van der Waals surface area contributed by atoms with Crippen LogP contribution in [0, 0.1) is 0 Å². The highest BCUT2D eigenvalue weighted by atomic mass is 16.6. The molecule has 0 fully saturated rings. The normalized spacial score (nSPS) is 12.9. The molecule has 1 atom stereocenters. The molecule has 0 aromatic rings. The van der Waals surface area contributed by atoms with Crippen molar-refractivity contribution in [2.75, 3.05) is 13.2 Å². The summed E-state index contributed by atoms with van der Waals surface area (Å²) in [7, 11) is 0. The van der Waals surface area contributed by atoms with Gasteiger partial charge in [-0.25, -0.2) is 0 Å². The van der Waals surface area contributed by atoms with Crippen molar-refractivity contribution < 1.29 is 28.6 Å². The Balaban J connectivity index is 4.33.